The van der Waals surface area contributed by atoms with Crippen molar-refractivity contribution in [1.82, 2.24) is 0 Å². The maximum Gasteiger partial charge on any atom is 0.283 e. The Bertz CT molecular complexity index is 548. The SMILES string of the molecule is O=Cc1c([N+](=O)[O-])ccc(Cl)c1OCCCCCC(=O)Cl. The molecule has 0 saturated heterocycles. The number of hydrogen-bond donors (Lipinski definition) is 0. The number of nitro groups is 1. The Morgan fingerprint density at radius 1 is 1.33 bits per heavy atom. The minimum atomic E-state index is -0.668. The molecule has 114 valence electrons. The number of rotatable bonds is 9. The lowest BCUT2D eigenvalue weighted by Crippen LogP contribution is -2.03. The van der Waals surface area contributed by atoms with E-state index in [-0.39, 0.29) is 33.9 Å². The van der Waals surface area contributed by atoms with E-state index in [0.29, 0.717) is 32.0 Å². The Balaban J connectivity index is 2.66. The number of carbonyl (C=O) groups excluding carboxylic acids is 2. The van der Waals surface area contributed by atoms with Gasteiger partial charge in [0.05, 0.1) is 16.6 Å². The van der Waals surface area contributed by atoms with Crippen molar-refractivity contribution in [3.63, 3.8) is 0 Å². The molecular formula is C13H13Cl2NO5. The average molecular weight is 334 g/mol. The number of nitrogens with zero attached hydrogens (tertiary/aromatic N) is 1. The number of carbonyl (C=O) groups is 2. The smallest absolute Gasteiger partial charge is 0.283 e. The highest BCUT2D eigenvalue weighted by molar-refractivity contribution is 6.63. The summed E-state index contributed by atoms with van der Waals surface area (Å²) in [5.41, 5.74) is -0.527. The number of unbranched alkanes of at least 4 members (excludes halogenated alkanes) is 2. The molecule has 0 radical (unpaired) electrons. The fraction of sp³-hybridized carbons (Fsp3) is 0.385. The summed E-state index contributed by atoms with van der Waals surface area (Å²) in [5.74, 6) is 0.00860. The predicted octanol–water partition coefficient (Wildman–Crippen LogP) is 3.77. The van der Waals surface area contributed by atoms with E-state index in [1.54, 1.807) is 0 Å². The van der Waals surface area contributed by atoms with Crippen LogP contribution in [0.4, 0.5) is 5.69 Å². The first kappa shape index (κ1) is 17.4. The standard InChI is InChI=1S/C13H13Cl2NO5/c14-10-5-6-11(16(19)20)9(8-17)13(10)21-7-3-1-2-4-12(15)18/h5-6,8H,1-4,7H2. The highest BCUT2D eigenvalue weighted by Gasteiger charge is 2.21. The van der Waals surface area contributed by atoms with E-state index in [1.165, 1.54) is 6.07 Å². The van der Waals surface area contributed by atoms with Gasteiger partial charge in [-0.1, -0.05) is 11.6 Å². The first-order chi connectivity index (χ1) is 9.97. The summed E-state index contributed by atoms with van der Waals surface area (Å²) in [4.78, 5) is 31.7. The van der Waals surface area contributed by atoms with Gasteiger partial charge >= 0.3 is 0 Å². The minimum absolute atomic E-state index is 0.00860. The molecule has 0 aliphatic heterocycles. The summed E-state index contributed by atoms with van der Waals surface area (Å²) in [7, 11) is 0. The normalized spacial score (nSPS) is 10.2. The van der Waals surface area contributed by atoms with Crippen LogP contribution in [0, 0.1) is 10.1 Å². The largest absolute Gasteiger partial charge is 0.491 e. The first-order valence-electron chi connectivity index (χ1n) is 6.20. The van der Waals surface area contributed by atoms with E-state index in [0.717, 1.165) is 6.07 Å². The van der Waals surface area contributed by atoms with Crippen LogP contribution in [0.1, 0.15) is 36.0 Å². The molecule has 1 aromatic carbocycles. The molecule has 0 unspecified atom stereocenters. The molecule has 0 heterocycles. The van der Waals surface area contributed by atoms with Gasteiger partial charge in [0.2, 0.25) is 5.24 Å². The Morgan fingerprint density at radius 3 is 2.62 bits per heavy atom. The summed E-state index contributed by atoms with van der Waals surface area (Å²) in [6, 6.07) is 2.47. The van der Waals surface area contributed by atoms with Crippen molar-refractivity contribution in [2.45, 2.75) is 25.7 Å². The average Bonchev–Trinajstić information content (AvgIpc) is 2.42. The lowest BCUT2D eigenvalue weighted by atomic mass is 10.1. The number of aldehydes is 1. The van der Waals surface area contributed by atoms with Crippen molar-refractivity contribution in [1.29, 1.82) is 0 Å². The van der Waals surface area contributed by atoms with Gasteiger partial charge in [0.1, 0.15) is 5.56 Å². The summed E-state index contributed by atoms with van der Waals surface area (Å²) in [5, 5.41) is 10.6. The molecule has 21 heavy (non-hydrogen) atoms. The fourth-order valence-electron chi connectivity index (χ4n) is 1.70. The Hall–Kier alpha value is -1.66. The molecule has 8 heteroatoms. The number of hydrogen-bond acceptors (Lipinski definition) is 5. The molecular weight excluding hydrogens is 321 g/mol. The number of benzene rings is 1. The van der Waals surface area contributed by atoms with Crippen LogP contribution in [0.3, 0.4) is 0 Å². The molecule has 0 amide bonds. The van der Waals surface area contributed by atoms with E-state index in [4.69, 9.17) is 27.9 Å². The second kappa shape index (κ2) is 8.59. The third-order valence-corrected chi connectivity index (χ3v) is 3.19. The Morgan fingerprint density at radius 2 is 2.05 bits per heavy atom. The van der Waals surface area contributed by atoms with Crippen molar-refractivity contribution in [2.24, 2.45) is 0 Å². The molecule has 0 aliphatic carbocycles. The summed E-state index contributed by atoms with van der Waals surface area (Å²) in [6.07, 6.45) is 2.60. The summed E-state index contributed by atoms with van der Waals surface area (Å²) < 4.78 is 5.37. The molecule has 0 aromatic heterocycles. The van der Waals surface area contributed by atoms with Gasteiger partial charge in [-0.25, -0.2) is 0 Å². The van der Waals surface area contributed by atoms with Crippen LogP contribution < -0.4 is 4.74 Å². The van der Waals surface area contributed by atoms with Gasteiger partial charge in [0, 0.05) is 12.5 Å². The zero-order chi connectivity index (χ0) is 15.8. The minimum Gasteiger partial charge on any atom is -0.491 e. The van der Waals surface area contributed by atoms with Gasteiger partial charge in [0.25, 0.3) is 5.69 Å². The van der Waals surface area contributed by atoms with Crippen LogP contribution in [0.15, 0.2) is 12.1 Å². The molecule has 0 aliphatic rings. The third-order valence-electron chi connectivity index (χ3n) is 2.70. The quantitative estimate of drug-likeness (QED) is 0.226. The molecule has 1 rings (SSSR count). The molecule has 1 aromatic rings. The fourth-order valence-corrected chi connectivity index (χ4v) is 2.05. The third kappa shape index (κ3) is 5.32. The van der Waals surface area contributed by atoms with Gasteiger partial charge in [0.15, 0.2) is 12.0 Å². The van der Waals surface area contributed by atoms with Crippen molar-refractivity contribution >= 4 is 40.4 Å². The molecule has 0 bridgehead atoms. The second-order valence-corrected chi connectivity index (χ2v) is 5.03. The zero-order valence-electron chi connectivity index (χ0n) is 11.0. The Labute approximate surface area is 131 Å². The zero-order valence-corrected chi connectivity index (χ0v) is 12.5. The van der Waals surface area contributed by atoms with Gasteiger partial charge in [-0.2, -0.15) is 0 Å². The number of halogens is 2. The number of ether oxygens (including phenoxy) is 1. The summed E-state index contributed by atoms with van der Waals surface area (Å²) >= 11 is 11.1. The van der Waals surface area contributed by atoms with Crippen molar-refractivity contribution < 1.29 is 19.2 Å². The first-order valence-corrected chi connectivity index (χ1v) is 6.96. The molecule has 0 spiro atoms. The monoisotopic (exact) mass is 333 g/mol. The summed E-state index contributed by atoms with van der Waals surface area (Å²) in [6.45, 7) is 0.234. The maximum atomic E-state index is 11.0. The molecule has 0 atom stereocenters. The Kier molecular flexibility index (Phi) is 7.11. The van der Waals surface area contributed by atoms with Crippen molar-refractivity contribution in [2.75, 3.05) is 6.61 Å². The van der Waals surface area contributed by atoms with E-state index in [1.807, 2.05) is 0 Å². The van der Waals surface area contributed by atoms with Crippen LogP contribution >= 0.6 is 23.2 Å². The molecule has 6 nitrogen and oxygen atoms in total. The molecule has 0 N–H and O–H groups in total. The van der Waals surface area contributed by atoms with Crippen LogP contribution in [-0.4, -0.2) is 23.1 Å². The lowest BCUT2D eigenvalue weighted by molar-refractivity contribution is -0.385. The second-order valence-electron chi connectivity index (χ2n) is 4.20. The number of nitro benzene ring substituents is 1. The van der Waals surface area contributed by atoms with E-state index in [9.17, 15) is 19.7 Å². The van der Waals surface area contributed by atoms with Gasteiger partial charge in [-0.3, -0.25) is 19.7 Å². The maximum absolute atomic E-state index is 11.0. The highest BCUT2D eigenvalue weighted by Crippen LogP contribution is 2.34. The van der Waals surface area contributed by atoms with E-state index >= 15 is 0 Å². The van der Waals surface area contributed by atoms with Gasteiger partial charge in [-0.05, 0) is 36.9 Å². The van der Waals surface area contributed by atoms with Crippen LogP contribution in [-0.2, 0) is 4.79 Å². The van der Waals surface area contributed by atoms with Crippen LogP contribution in [0.25, 0.3) is 0 Å². The lowest BCUT2D eigenvalue weighted by Gasteiger charge is -2.10. The predicted molar refractivity (Wildman–Crippen MR) is 78.3 cm³/mol. The van der Waals surface area contributed by atoms with Gasteiger partial charge in [-0.15, -0.1) is 0 Å². The highest BCUT2D eigenvalue weighted by atomic mass is 35.5. The van der Waals surface area contributed by atoms with E-state index < -0.39 is 4.92 Å². The van der Waals surface area contributed by atoms with Crippen molar-refractivity contribution in [3.8, 4) is 5.75 Å². The van der Waals surface area contributed by atoms with Gasteiger partial charge < -0.3 is 4.74 Å². The van der Waals surface area contributed by atoms with Crippen molar-refractivity contribution in [3.05, 3.63) is 32.8 Å². The van der Waals surface area contributed by atoms with Crippen LogP contribution in [0.2, 0.25) is 5.02 Å². The van der Waals surface area contributed by atoms with E-state index in [2.05, 4.69) is 0 Å². The topological polar surface area (TPSA) is 86.5 Å². The molecule has 0 saturated carbocycles. The van der Waals surface area contributed by atoms with Crippen LogP contribution in [0.5, 0.6) is 5.75 Å². The molecule has 0 fully saturated rings.